The Morgan fingerprint density at radius 3 is 2.67 bits per heavy atom. The highest BCUT2D eigenvalue weighted by molar-refractivity contribution is 7.16. The molecule has 0 radical (unpaired) electrons. The van der Waals surface area contributed by atoms with Crippen molar-refractivity contribution in [2.45, 2.75) is 0 Å². The third-order valence-electron chi connectivity index (χ3n) is 1.37. The van der Waals surface area contributed by atoms with Crippen LogP contribution in [0.25, 0.3) is 10.3 Å². The van der Waals surface area contributed by atoms with E-state index in [1.54, 1.807) is 0 Å². The molecule has 0 spiro atoms. The Hall–Kier alpha value is -1.23. The van der Waals surface area contributed by atoms with Crippen molar-refractivity contribution in [1.29, 1.82) is 0 Å². The second kappa shape index (κ2) is 2.38. The lowest BCUT2D eigenvalue weighted by molar-refractivity contribution is 0.505. The summed E-state index contributed by atoms with van der Waals surface area (Å²) in [5.41, 5.74) is 0.0869. The molecule has 62 valence electrons. The molecular weight excluding hydrogens is 186 g/mol. The largest absolute Gasteiger partial charge is 0.414 e. The van der Waals surface area contributed by atoms with E-state index in [4.69, 9.17) is 0 Å². The minimum absolute atomic E-state index is 0.0869. The molecule has 0 aliphatic heterocycles. The van der Waals surface area contributed by atoms with Gasteiger partial charge in [0.2, 0.25) is 0 Å². The predicted octanol–water partition coefficient (Wildman–Crippen LogP) is 2.13. The molecular formula is C7H2F2O2S. The van der Waals surface area contributed by atoms with Crippen LogP contribution >= 0.6 is 11.3 Å². The Kier molecular flexibility index (Phi) is 1.47. The number of hydrogen-bond acceptors (Lipinski definition) is 3. The lowest BCUT2D eigenvalue weighted by Crippen LogP contribution is -1.81. The summed E-state index contributed by atoms with van der Waals surface area (Å²) in [4.78, 5) is 10.1. The fourth-order valence-corrected chi connectivity index (χ4v) is 1.54. The van der Waals surface area contributed by atoms with E-state index in [0.29, 0.717) is 4.70 Å². The summed E-state index contributed by atoms with van der Waals surface area (Å²) in [6, 6.07) is 1.81. The van der Waals surface area contributed by atoms with Gasteiger partial charge in [0.05, 0.1) is 4.70 Å². The van der Waals surface area contributed by atoms with Gasteiger partial charge in [-0.15, -0.1) is 0 Å². The first-order chi connectivity index (χ1) is 5.66. The normalized spacial score (nSPS) is 10.8. The van der Waals surface area contributed by atoms with E-state index in [9.17, 15) is 13.6 Å². The average molecular weight is 188 g/mol. The minimum Gasteiger partial charge on any atom is -0.414 e. The quantitative estimate of drug-likeness (QED) is 0.634. The van der Waals surface area contributed by atoms with Crippen molar-refractivity contribution in [3.8, 4) is 0 Å². The monoisotopic (exact) mass is 188 g/mol. The van der Waals surface area contributed by atoms with Gasteiger partial charge in [-0.25, -0.2) is 13.6 Å². The van der Waals surface area contributed by atoms with Crippen LogP contribution in [0, 0.1) is 11.6 Å². The van der Waals surface area contributed by atoms with Crippen LogP contribution < -0.4 is 4.94 Å². The second-order valence-corrected chi connectivity index (χ2v) is 3.14. The highest BCUT2D eigenvalue weighted by Crippen LogP contribution is 2.19. The van der Waals surface area contributed by atoms with Crippen molar-refractivity contribution in [2.75, 3.05) is 0 Å². The van der Waals surface area contributed by atoms with E-state index in [2.05, 4.69) is 4.42 Å². The molecule has 0 saturated carbocycles. The van der Waals surface area contributed by atoms with Crippen LogP contribution in [0.4, 0.5) is 8.78 Å². The highest BCUT2D eigenvalue weighted by Gasteiger charge is 2.07. The van der Waals surface area contributed by atoms with Gasteiger partial charge in [-0.1, -0.05) is 11.3 Å². The molecule has 2 aromatic rings. The van der Waals surface area contributed by atoms with E-state index in [1.807, 2.05) is 0 Å². The summed E-state index contributed by atoms with van der Waals surface area (Å²) in [6.45, 7) is 0. The first-order valence-electron chi connectivity index (χ1n) is 3.05. The van der Waals surface area contributed by atoms with Crippen molar-refractivity contribution in [1.82, 2.24) is 0 Å². The van der Waals surface area contributed by atoms with Gasteiger partial charge in [-0.05, 0) is 6.07 Å². The fraction of sp³-hybridized carbons (Fsp3) is 0. The third-order valence-corrected chi connectivity index (χ3v) is 2.16. The number of fused-ring (bicyclic) bond motifs is 1. The maximum Gasteiger partial charge on any atom is 0.396 e. The minimum atomic E-state index is -1.01. The Labute approximate surface area is 69.1 Å². The molecule has 1 aromatic carbocycles. The van der Waals surface area contributed by atoms with Crippen LogP contribution in [0.5, 0.6) is 0 Å². The van der Waals surface area contributed by atoms with Crippen LogP contribution in [0.1, 0.15) is 0 Å². The second-order valence-electron chi connectivity index (χ2n) is 2.17. The lowest BCUT2D eigenvalue weighted by atomic mass is 10.3. The maximum absolute atomic E-state index is 12.5. The van der Waals surface area contributed by atoms with Gasteiger partial charge < -0.3 is 4.42 Å². The smallest absolute Gasteiger partial charge is 0.396 e. The topological polar surface area (TPSA) is 30.2 Å². The van der Waals surface area contributed by atoms with Crippen LogP contribution in [0.2, 0.25) is 0 Å². The molecule has 2 nitrogen and oxygen atoms in total. The summed E-state index contributed by atoms with van der Waals surface area (Å²) in [7, 11) is 0. The zero-order valence-corrected chi connectivity index (χ0v) is 6.45. The molecule has 0 aliphatic rings. The molecule has 0 saturated heterocycles. The molecule has 0 unspecified atom stereocenters. The Morgan fingerprint density at radius 1 is 1.25 bits per heavy atom. The standard InChI is InChI=1S/C7H2F2O2S/c8-3-1-5-6(2-4(3)9)12-7(10)11-5/h1-2H. The van der Waals surface area contributed by atoms with Crippen molar-refractivity contribution < 1.29 is 13.2 Å². The summed E-state index contributed by atoms with van der Waals surface area (Å²) in [5, 5.41) is 0. The van der Waals surface area contributed by atoms with Gasteiger partial charge >= 0.3 is 4.94 Å². The van der Waals surface area contributed by atoms with Crippen LogP contribution in [0.15, 0.2) is 21.3 Å². The Morgan fingerprint density at radius 2 is 1.92 bits per heavy atom. The summed E-state index contributed by atoms with van der Waals surface area (Å²) in [5.74, 6) is -1.98. The zero-order valence-electron chi connectivity index (χ0n) is 5.64. The molecule has 5 heteroatoms. The van der Waals surface area contributed by atoms with Crippen molar-refractivity contribution in [2.24, 2.45) is 0 Å². The molecule has 1 heterocycles. The molecule has 12 heavy (non-hydrogen) atoms. The molecule has 2 rings (SSSR count). The van der Waals surface area contributed by atoms with Gasteiger partial charge in [0.15, 0.2) is 17.2 Å². The SMILES string of the molecule is O=c1oc2cc(F)c(F)cc2s1. The summed E-state index contributed by atoms with van der Waals surface area (Å²) < 4.78 is 29.9. The number of benzene rings is 1. The lowest BCUT2D eigenvalue weighted by Gasteiger charge is -1.89. The molecule has 0 bridgehead atoms. The van der Waals surface area contributed by atoms with Crippen molar-refractivity contribution in [3.05, 3.63) is 33.5 Å². The van der Waals surface area contributed by atoms with Gasteiger partial charge in [-0.3, -0.25) is 0 Å². The van der Waals surface area contributed by atoms with E-state index in [-0.39, 0.29) is 5.58 Å². The van der Waals surface area contributed by atoms with E-state index in [0.717, 1.165) is 23.5 Å². The molecule has 0 N–H and O–H groups in total. The Balaban J connectivity index is 2.92. The van der Waals surface area contributed by atoms with Crippen LogP contribution in [0.3, 0.4) is 0 Å². The average Bonchev–Trinajstić information content (AvgIpc) is 2.30. The maximum atomic E-state index is 12.5. The van der Waals surface area contributed by atoms with Crippen molar-refractivity contribution in [3.63, 3.8) is 0 Å². The zero-order chi connectivity index (χ0) is 8.72. The highest BCUT2D eigenvalue weighted by atomic mass is 32.1. The number of halogens is 2. The molecule has 0 fully saturated rings. The van der Waals surface area contributed by atoms with Gasteiger partial charge in [-0.2, -0.15) is 0 Å². The first-order valence-corrected chi connectivity index (χ1v) is 3.87. The van der Waals surface area contributed by atoms with Gasteiger partial charge in [0, 0.05) is 6.07 Å². The third kappa shape index (κ3) is 1.02. The number of rotatable bonds is 0. The van der Waals surface area contributed by atoms with Crippen molar-refractivity contribution >= 4 is 21.6 Å². The Bertz CT molecular complexity index is 444. The van der Waals surface area contributed by atoms with E-state index < -0.39 is 16.6 Å². The molecule has 0 atom stereocenters. The molecule has 0 amide bonds. The van der Waals surface area contributed by atoms with Crippen LogP contribution in [-0.2, 0) is 0 Å². The van der Waals surface area contributed by atoms with E-state index in [1.165, 1.54) is 0 Å². The van der Waals surface area contributed by atoms with Crippen LogP contribution in [-0.4, -0.2) is 0 Å². The first kappa shape index (κ1) is 7.42. The van der Waals surface area contributed by atoms with Gasteiger partial charge in [0.1, 0.15) is 0 Å². The predicted molar refractivity (Wildman–Crippen MR) is 40.3 cm³/mol. The van der Waals surface area contributed by atoms with Gasteiger partial charge in [0.25, 0.3) is 0 Å². The summed E-state index contributed by atoms with van der Waals surface area (Å²) >= 11 is 0.746. The molecule has 0 aliphatic carbocycles. The fourth-order valence-electron chi connectivity index (χ4n) is 0.870. The summed E-state index contributed by atoms with van der Waals surface area (Å²) in [6.07, 6.45) is 0. The molecule has 1 aromatic heterocycles. The van der Waals surface area contributed by atoms with E-state index >= 15 is 0 Å². The number of hydrogen-bond donors (Lipinski definition) is 0.